The molecule has 4 heteroatoms. The number of carbonyl (C=O) groups is 1. The zero-order valence-corrected chi connectivity index (χ0v) is 10.3. The van der Waals surface area contributed by atoms with Crippen LogP contribution in [0, 0.1) is 5.92 Å². The summed E-state index contributed by atoms with van der Waals surface area (Å²) in [6.45, 7) is 5.12. The van der Waals surface area contributed by atoms with Gasteiger partial charge in [-0.15, -0.1) is 0 Å². The lowest BCUT2D eigenvalue weighted by Gasteiger charge is -2.36. The molecule has 0 bridgehead atoms. The van der Waals surface area contributed by atoms with Gasteiger partial charge >= 0.3 is 0 Å². The van der Waals surface area contributed by atoms with Crippen molar-refractivity contribution in [2.24, 2.45) is 5.92 Å². The molecule has 2 rings (SSSR count). The lowest BCUT2D eigenvalue weighted by Crippen LogP contribution is -2.44. The standard InChI is InChI=1S/C12H16ClNO2/c1-8-3-5-14(9(2)7-8)12(15)10-4-6-16-11(10)13/h4,6,8-9H,3,5,7H2,1-2H3. The monoisotopic (exact) mass is 241 g/mol. The van der Waals surface area contributed by atoms with Crippen LogP contribution >= 0.6 is 11.6 Å². The molecule has 1 aromatic rings. The summed E-state index contributed by atoms with van der Waals surface area (Å²) >= 11 is 5.82. The Morgan fingerprint density at radius 3 is 2.88 bits per heavy atom. The van der Waals surface area contributed by atoms with Crippen LogP contribution in [0.4, 0.5) is 0 Å². The van der Waals surface area contributed by atoms with Crippen LogP contribution in [0.5, 0.6) is 0 Å². The maximum Gasteiger partial charge on any atom is 0.258 e. The molecule has 1 aromatic heterocycles. The molecule has 0 spiro atoms. The van der Waals surface area contributed by atoms with Crippen molar-refractivity contribution < 1.29 is 9.21 Å². The van der Waals surface area contributed by atoms with Crippen LogP contribution in [0.2, 0.25) is 5.22 Å². The third kappa shape index (κ3) is 2.09. The summed E-state index contributed by atoms with van der Waals surface area (Å²) in [5.41, 5.74) is 0.475. The summed E-state index contributed by atoms with van der Waals surface area (Å²) in [4.78, 5) is 14.1. The van der Waals surface area contributed by atoms with Gasteiger partial charge in [0.15, 0.2) is 0 Å². The van der Waals surface area contributed by atoms with E-state index in [4.69, 9.17) is 16.0 Å². The highest BCUT2D eigenvalue weighted by Crippen LogP contribution is 2.26. The van der Waals surface area contributed by atoms with Crippen molar-refractivity contribution in [3.05, 3.63) is 23.1 Å². The number of furan rings is 1. The molecule has 16 heavy (non-hydrogen) atoms. The van der Waals surface area contributed by atoms with Crippen LogP contribution in [0.1, 0.15) is 37.0 Å². The van der Waals surface area contributed by atoms with Crippen molar-refractivity contribution in [3.63, 3.8) is 0 Å². The fraction of sp³-hybridized carbons (Fsp3) is 0.583. The first-order valence-corrected chi connectivity index (χ1v) is 6.01. The summed E-state index contributed by atoms with van der Waals surface area (Å²) in [6, 6.07) is 1.91. The fourth-order valence-electron chi connectivity index (χ4n) is 2.31. The second-order valence-electron chi connectivity index (χ2n) is 4.59. The molecular weight excluding hydrogens is 226 g/mol. The van der Waals surface area contributed by atoms with Gasteiger partial charge in [-0.2, -0.15) is 0 Å². The molecule has 2 heterocycles. The first-order valence-electron chi connectivity index (χ1n) is 5.63. The van der Waals surface area contributed by atoms with Crippen molar-refractivity contribution >= 4 is 17.5 Å². The van der Waals surface area contributed by atoms with Gasteiger partial charge in [-0.25, -0.2) is 0 Å². The van der Waals surface area contributed by atoms with Crippen LogP contribution in [0.25, 0.3) is 0 Å². The minimum atomic E-state index is -0.0156. The normalized spacial score (nSPS) is 25.8. The third-order valence-electron chi connectivity index (χ3n) is 3.25. The van der Waals surface area contributed by atoms with Crippen LogP contribution in [0.3, 0.4) is 0 Å². The molecular formula is C12H16ClNO2. The number of carbonyl (C=O) groups excluding carboxylic acids is 1. The summed E-state index contributed by atoms with van der Waals surface area (Å²) in [5, 5.41) is 0.191. The van der Waals surface area contributed by atoms with Crippen LogP contribution in [-0.4, -0.2) is 23.4 Å². The van der Waals surface area contributed by atoms with Gasteiger partial charge in [-0.1, -0.05) is 6.92 Å². The molecule has 88 valence electrons. The minimum absolute atomic E-state index is 0.0156. The summed E-state index contributed by atoms with van der Waals surface area (Å²) in [6.07, 6.45) is 3.57. The van der Waals surface area contributed by atoms with Gasteiger partial charge in [0, 0.05) is 12.6 Å². The highest BCUT2D eigenvalue weighted by Gasteiger charge is 2.29. The largest absolute Gasteiger partial charge is 0.452 e. The summed E-state index contributed by atoms with van der Waals surface area (Å²) < 4.78 is 4.95. The van der Waals surface area contributed by atoms with E-state index < -0.39 is 0 Å². The molecule has 0 aromatic carbocycles. The van der Waals surface area contributed by atoms with E-state index >= 15 is 0 Å². The molecule has 0 saturated carbocycles. The van der Waals surface area contributed by atoms with Crippen LogP contribution in [0.15, 0.2) is 16.7 Å². The second kappa shape index (κ2) is 4.50. The second-order valence-corrected chi connectivity index (χ2v) is 4.93. The molecule has 2 unspecified atom stereocenters. The molecule has 0 aliphatic carbocycles. The zero-order valence-electron chi connectivity index (χ0n) is 9.57. The van der Waals surface area contributed by atoms with Crippen molar-refractivity contribution in [1.29, 1.82) is 0 Å². The molecule has 1 fully saturated rings. The Morgan fingerprint density at radius 2 is 2.31 bits per heavy atom. The zero-order chi connectivity index (χ0) is 11.7. The molecule has 0 radical (unpaired) electrons. The fourth-order valence-corrected chi connectivity index (χ4v) is 2.51. The topological polar surface area (TPSA) is 33.5 Å². The lowest BCUT2D eigenvalue weighted by atomic mass is 9.93. The highest BCUT2D eigenvalue weighted by atomic mass is 35.5. The molecule has 2 atom stereocenters. The van der Waals surface area contributed by atoms with Crippen LogP contribution < -0.4 is 0 Å². The SMILES string of the molecule is CC1CCN(C(=O)c2ccoc2Cl)C(C)C1. The Morgan fingerprint density at radius 1 is 1.56 bits per heavy atom. The van der Waals surface area contributed by atoms with E-state index in [9.17, 15) is 4.79 Å². The predicted octanol–water partition coefficient (Wildman–Crippen LogP) is 3.19. The number of amides is 1. The van der Waals surface area contributed by atoms with Gasteiger partial charge in [-0.3, -0.25) is 4.79 Å². The Balaban J connectivity index is 2.14. The molecule has 1 aliphatic heterocycles. The summed E-state index contributed by atoms with van der Waals surface area (Å²) in [5.74, 6) is 0.678. The molecule has 3 nitrogen and oxygen atoms in total. The van der Waals surface area contributed by atoms with E-state index in [-0.39, 0.29) is 17.2 Å². The van der Waals surface area contributed by atoms with Crippen molar-refractivity contribution in [1.82, 2.24) is 4.90 Å². The Hall–Kier alpha value is -0.960. The number of halogens is 1. The van der Waals surface area contributed by atoms with Crippen molar-refractivity contribution in [3.8, 4) is 0 Å². The first-order chi connectivity index (χ1) is 7.59. The predicted molar refractivity (Wildman–Crippen MR) is 62.6 cm³/mol. The van der Waals surface area contributed by atoms with E-state index in [1.165, 1.54) is 6.26 Å². The Kier molecular flexibility index (Phi) is 3.24. The van der Waals surface area contributed by atoms with Gasteiger partial charge in [0.05, 0.1) is 11.8 Å². The lowest BCUT2D eigenvalue weighted by molar-refractivity contribution is 0.0588. The van der Waals surface area contributed by atoms with E-state index in [0.29, 0.717) is 11.5 Å². The number of nitrogens with zero attached hydrogens (tertiary/aromatic N) is 1. The molecule has 1 saturated heterocycles. The minimum Gasteiger partial charge on any atom is -0.452 e. The maximum absolute atomic E-state index is 12.2. The van der Waals surface area contributed by atoms with E-state index in [2.05, 4.69) is 13.8 Å². The maximum atomic E-state index is 12.2. The average Bonchev–Trinajstić information content (AvgIpc) is 2.63. The van der Waals surface area contributed by atoms with Gasteiger partial charge in [0.2, 0.25) is 5.22 Å². The van der Waals surface area contributed by atoms with Crippen molar-refractivity contribution in [2.45, 2.75) is 32.7 Å². The average molecular weight is 242 g/mol. The Labute approximate surface area is 100 Å². The van der Waals surface area contributed by atoms with Gasteiger partial charge in [0.25, 0.3) is 5.91 Å². The van der Waals surface area contributed by atoms with Gasteiger partial charge in [0.1, 0.15) is 0 Å². The number of piperidine rings is 1. The van der Waals surface area contributed by atoms with Gasteiger partial charge in [-0.05, 0) is 43.4 Å². The molecule has 0 N–H and O–H groups in total. The molecule has 1 aliphatic rings. The molecule has 1 amide bonds. The number of hydrogen-bond donors (Lipinski definition) is 0. The highest BCUT2D eigenvalue weighted by molar-refractivity contribution is 6.32. The van der Waals surface area contributed by atoms with Gasteiger partial charge < -0.3 is 9.32 Å². The number of hydrogen-bond acceptors (Lipinski definition) is 2. The van der Waals surface area contributed by atoms with E-state index in [1.54, 1.807) is 6.07 Å². The number of rotatable bonds is 1. The quantitative estimate of drug-likeness (QED) is 0.757. The third-order valence-corrected chi connectivity index (χ3v) is 3.54. The van der Waals surface area contributed by atoms with Crippen molar-refractivity contribution in [2.75, 3.05) is 6.54 Å². The van der Waals surface area contributed by atoms with Crippen LogP contribution in [-0.2, 0) is 0 Å². The number of likely N-dealkylation sites (tertiary alicyclic amines) is 1. The van der Waals surface area contributed by atoms with E-state index in [0.717, 1.165) is 19.4 Å². The van der Waals surface area contributed by atoms with E-state index in [1.807, 2.05) is 4.90 Å². The smallest absolute Gasteiger partial charge is 0.258 e. The first kappa shape index (κ1) is 11.5. The Bertz CT molecular complexity index is 388. The summed E-state index contributed by atoms with van der Waals surface area (Å²) in [7, 11) is 0.